The third-order valence-electron chi connectivity index (χ3n) is 9.46. The first-order chi connectivity index (χ1) is 19.1. The Labute approximate surface area is 233 Å². The molecule has 5 heterocycles. The van der Waals surface area contributed by atoms with Crippen LogP contribution < -0.4 is 26.6 Å². The predicted octanol–water partition coefficient (Wildman–Crippen LogP) is 3.12. The van der Waals surface area contributed by atoms with Crippen molar-refractivity contribution in [3.8, 4) is 0 Å². The minimum Gasteiger partial charge on any atom is -0.511 e. The topological polar surface area (TPSA) is 117 Å². The number of aliphatic hydroxyl groups excluding tert-OH is 1. The zero-order valence-electron chi connectivity index (χ0n) is 23.9. The normalized spacial score (nSPS) is 24.1. The first-order valence-electron chi connectivity index (χ1n) is 14.2. The molecule has 1 fully saturated rings. The van der Waals surface area contributed by atoms with E-state index < -0.39 is 5.97 Å². The molecule has 7 nitrogen and oxygen atoms in total. The third kappa shape index (κ3) is 3.90. The van der Waals surface area contributed by atoms with Crippen LogP contribution in [0.2, 0.25) is 0 Å². The fourth-order valence-electron chi connectivity index (χ4n) is 7.17. The number of aromatic nitrogens is 3. The standard InChI is InChI=1S/C33H38N4O3/c1-7-19-15(3)23-12-25-17(5)21(9-10-30(39)40)32(36-25)22-11-29(38)31-18(6)26(37-33(22)31)14-28-20(8-2)16(4)24(35-28)13-27(19)34-23/h7,12-14,17,21,32,34-38H,1,8-11H2,2-6H3,(H,39,40)/b24-13-,25-12-,28-14-/t17-,21-,32?/m0/s1. The molecule has 3 atom stereocenters. The van der Waals surface area contributed by atoms with Gasteiger partial charge in [0.1, 0.15) is 5.76 Å². The molecule has 0 aromatic carbocycles. The fraction of sp³-hybridized carbons (Fsp3) is 0.364. The van der Waals surface area contributed by atoms with E-state index in [1.807, 2.05) is 6.08 Å². The summed E-state index contributed by atoms with van der Waals surface area (Å²) in [5.74, 6) is -0.230. The number of nitrogens with one attached hydrogen (secondary N) is 4. The maximum atomic E-state index is 11.6. The molecular formula is C33H38N4O3. The highest BCUT2D eigenvalue weighted by atomic mass is 16.4. The van der Waals surface area contributed by atoms with Crippen molar-refractivity contribution in [2.45, 2.75) is 66.3 Å². The maximum absolute atomic E-state index is 11.6. The van der Waals surface area contributed by atoms with E-state index in [9.17, 15) is 15.0 Å². The first kappa shape index (κ1) is 26.1. The lowest BCUT2D eigenvalue weighted by Crippen LogP contribution is -2.34. The molecule has 0 radical (unpaired) electrons. The highest BCUT2D eigenvalue weighted by Crippen LogP contribution is 2.40. The van der Waals surface area contributed by atoms with Gasteiger partial charge in [-0.25, -0.2) is 0 Å². The second-order valence-electron chi connectivity index (χ2n) is 11.6. The van der Waals surface area contributed by atoms with E-state index in [0.29, 0.717) is 18.6 Å². The van der Waals surface area contributed by atoms with Crippen LogP contribution >= 0.6 is 0 Å². The highest BCUT2D eigenvalue weighted by molar-refractivity contribution is 5.74. The molecule has 6 rings (SSSR count). The van der Waals surface area contributed by atoms with Gasteiger partial charge in [0.25, 0.3) is 0 Å². The molecule has 1 saturated heterocycles. The Morgan fingerprint density at radius 1 is 1.02 bits per heavy atom. The highest BCUT2D eigenvalue weighted by Gasteiger charge is 2.40. The van der Waals surface area contributed by atoms with Gasteiger partial charge in [-0.2, -0.15) is 0 Å². The summed E-state index contributed by atoms with van der Waals surface area (Å²) in [5.41, 5.74) is 10.8. The van der Waals surface area contributed by atoms with Crippen LogP contribution in [0.15, 0.2) is 12.3 Å². The largest absolute Gasteiger partial charge is 0.511 e. The summed E-state index contributed by atoms with van der Waals surface area (Å²) in [6.45, 7) is 14.8. The van der Waals surface area contributed by atoms with Gasteiger partial charge in [0.05, 0.1) is 11.4 Å². The molecule has 3 aliphatic rings. The summed E-state index contributed by atoms with van der Waals surface area (Å²) in [6.07, 6.45) is 10.4. The lowest BCUT2D eigenvalue weighted by atomic mass is 9.83. The average molecular weight is 539 g/mol. The van der Waals surface area contributed by atoms with Crippen LogP contribution in [0, 0.1) is 32.6 Å². The quantitative estimate of drug-likeness (QED) is 0.299. The molecular weight excluding hydrogens is 500 g/mol. The fourth-order valence-corrected chi connectivity index (χ4v) is 7.17. The summed E-state index contributed by atoms with van der Waals surface area (Å²) >= 11 is 0. The van der Waals surface area contributed by atoms with Crippen molar-refractivity contribution in [1.82, 2.24) is 20.3 Å². The van der Waals surface area contributed by atoms with Gasteiger partial charge in [0.2, 0.25) is 0 Å². The molecule has 0 spiro atoms. The number of carboxylic acids is 1. The molecule has 6 N–H and O–H groups in total. The van der Waals surface area contributed by atoms with Crippen LogP contribution in [-0.4, -0.2) is 37.2 Å². The van der Waals surface area contributed by atoms with E-state index in [4.69, 9.17) is 0 Å². The van der Waals surface area contributed by atoms with E-state index in [2.05, 4.69) is 79.7 Å². The third-order valence-corrected chi connectivity index (χ3v) is 9.46. The molecule has 208 valence electrons. The minimum absolute atomic E-state index is 0.0721. The minimum atomic E-state index is -0.788. The van der Waals surface area contributed by atoms with Crippen molar-refractivity contribution in [3.05, 3.63) is 78.4 Å². The number of aliphatic carboxylic acids is 1. The Hall–Kier alpha value is -4.13. The van der Waals surface area contributed by atoms with E-state index in [1.165, 1.54) is 11.1 Å². The number of rotatable bonds is 5. The van der Waals surface area contributed by atoms with Gasteiger partial charge in [0, 0.05) is 63.0 Å². The van der Waals surface area contributed by atoms with Crippen molar-refractivity contribution in [1.29, 1.82) is 0 Å². The molecule has 0 saturated carbocycles. The Morgan fingerprint density at radius 2 is 1.75 bits per heavy atom. The Morgan fingerprint density at radius 3 is 2.45 bits per heavy atom. The first-order valence-corrected chi connectivity index (χ1v) is 14.2. The number of H-pyrrole nitrogens is 3. The number of fused-ring (bicyclic) bond motifs is 8. The van der Waals surface area contributed by atoms with Gasteiger partial charge in [-0.15, -0.1) is 0 Å². The molecule has 7 heteroatoms. The predicted molar refractivity (Wildman–Crippen MR) is 160 cm³/mol. The number of aliphatic hydroxyl groups is 1. The van der Waals surface area contributed by atoms with Crippen LogP contribution in [0.5, 0.6) is 0 Å². The molecule has 40 heavy (non-hydrogen) atoms. The average Bonchev–Trinajstić information content (AvgIpc) is 3.65. The van der Waals surface area contributed by atoms with Crippen molar-refractivity contribution < 1.29 is 15.0 Å². The van der Waals surface area contributed by atoms with E-state index >= 15 is 0 Å². The number of hydrogen-bond acceptors (Lipinski definition) is 3. The lowest BCUT2D eigenvalue weighted by Gasteiger charge is -2.22. The zero-order valence-corrected chi connectivity index (χ0v) is 23.9. The number of carbonyl (C=O) groups is 1. The smallest absolute Gasteiger partial charge is 0.303 e. The molecule has 1 unspecified atom stereocenters. The monoisotopic (exact) mass is 538 g/mol. The molecule has 1 aliphatic carbocycles. The SMILES string of the molecule is C=Cc1c2[nH]c(c1C)/C=C1\NC(C3=c4[nH]c(c(C)c4=C(O)C3)/C=c3\[nH]/c(c(C)c3CC)=C\2)[C@@H](CCC(=O)O)[C@@H]1C. The van der Waals surface area contributed by atoms with Crippen molar-refractivity contribution >= 4 is 41.6 Å². The van der Waals surface area contributed by atoms with E-state index in [1.54, 1.807) is 0 Å². The van der Waals surface area contributed by atoms with Crippen molar-refractivity contribution in [3.63, 3.8) is 0 Å². The van der Waals surface area contributed by atoms with Gasteiger partial charge in [-0.05, 0) is 85.6 Å². The Bertz CT molecular complexity index is 1860. The second-order valence-corrected chi connectivity index (χ2v) is 11.6. The molecule has 3 aromatic rings. The van der Waals surface area contributed by atoms with E-state index in [-0.39, 0.29) is 24.3 Å². The summed E-state index contributed by atoms with van der Waals surface area (Å²) in [7, 11) is 0. The molecule has 0 amide bonds. The lowest BCUT2D eigenvalue weighted by molar-refractivity contribution is -0.137. The van der Waals surface area contributed by atoms with Crippen molar-refractivity contribution in [2.75, 3.05) is 0 Å². The van der Waals surface area contributed by atoms with E-state index in [0.717, 1.165) is 72.7 Å². The van der Waals surface area contributed by atoms with Crippen LogP contribution in [0.25, 0.3) is 35.6 Å². The number of hydrogen-bond donors (Lipinski definition) is 6. The van der Waals surface area contributed by atoms with Gasteiger partial charge in [-0.1, -0.05) is 26.5 Å². The summed E-state index contributed by atoms with van der Waals surface area (Å²) < 4.78 is 0. The van der Waals surface area contributed by atoms with Crippen LogP contribution in [0.1, 0.15) is 78.0 Å². The Kier molecular flexibility index (Phi) is 6.21. The van der Waals surface area contributed by atoms with Crippen LogP contribution in [-0.2, 0) is 11.2 Å². The summed E-state index contributed by atoms with van der Waals surface area (Å²) in [4.78, 5) is 22.6. The number of aromatic amines is 3. The van der Waals surface area contributed by atoms with Gasteiger partial charge >= 0.3 is 5.97 Å². The number of allylic oxidation sites excluding steroid dienone is 1. The zero-order chi connectivity index (χ0) is 28.5. The molecule has 8 bridgehead atoms. The van der Waals surface area contributed by atoms with Crippen molar-refractivity contribution in [2.24, 2.45) is 11.8 Å². The van der Waals surface area contributed by atoms with Crippen LogP contribution in [0.3, 0.4) is 0 Å². The van der Waals surface area contributed by atoms with Gasteiger partial charge in [0.15, 0.2) is 0 Å². The van der Waals surface area contributed by atoms with Gasteiger partial charge in [-0.3, -0.25) is 4.79 Å². The molecule has 2 aliphatic heterocycles. The second kappa shape index (κ2) is 9.51. The van der Waals surface area contributed by atoms with Crippen LogP contribution in [0.4, 0.5) is 0 Å². The number of carboxylic acid groups (broad SMARTS) is 1. The molecule has 3 aromatic heterocycles. The Balaban J connectivity index is 1.69. The summed E-state index contributed by atoms with van der Waals surface area (Å²) in [5, 5.41) is 28.4. The maximum Gasteiger partial charge on any atom is 0.303 e. The summed E-state index contributed by atoms with van der Waals surface area (Å²) in [6, 6.07) is -0.0893. The van der Waals surface area contributed by atoms with Gasteiger partial charge < -0.3 is 30.5 Å².